The van der Waals surface area contributed by atoms with Gasteiger partial charge in [0.1, 0.15) is 11.6 Å². The van der Waals surface area contributed by atoms with Gasteiger partial charge in [0.2, 0.25) is 0 Å². The molecule has 0 aromatic heterocycles. The fourth-order valence-electron chi connectivity index (χ4n) is 6.86. The Bertz CT molecular complexity index is 733. The molecule has 2 unspecified atom stereocenters. The van der Waals surface area contributed by atoms with Crippen LogP contribution in [0.5, 0.6) is 5.75 Å². The van der Waals surface area contributed by atoms with Gasteiger partial charge in [0.05, 0.1) is 5.92 Å². The van der Waals surface area contributed by atoms with Crippen LogP contribution in [-0.4, -0.2) is 6.11 Å². The molecule has 1 aromatic rings. The topological polar surface area (TPSA) is 9.23 Å². The van der Waals surface area contributed by atoms with E-state index in [1.54, 1.807) is 6.92 Å². The number of benzene rings is 1. The van der Waals surface area contributed by atoms with Crippen molar-refractivity contribution in [3.05, 3.63) is 29.6 Å². The Kier molecular flexibility index (Phi) is 13.2. The molecule has 0 aliphatic heterocycles. The van der Waals surface area contributed by atoms with Crippen molar-refractivity contribution < 1.29 is 17.9 Å². The standard InChI is InChI=1S/C28H41F3O.2C2H6/c1-19-6-9-23(10-7-19)21-4-3-5-22(12-11-21)24-13-15-25(16-14-24)28(30,31)32-26-17-8-20(2)27(29)18-26;2*1-2/h8,17-19,21-25H,3-7,9-16H2,1-2H3;2*1-2H3. The lowest BCUT2D eigenvalue weighted by Gasteiger charge is -2.36. The van der Waals surface area contributed by atoms with Crippen molar-refractivity contribution in [2.24, 2.45) is 35.5 Å². The lowest BCUT2D eigenvalue weighted by atomic mass is 9.72. The van der Waals surface area contributed by atoms with Crippen LogP contribution in [0.3, 0.4) is 0 Å². The summed E-state index contributed by atoms with van der Waals surface area (Å²) < 4.78 is 48.3. The first kappa shape index (κ1) is 31.0. The molecule has 4 heteroatoms. The predicted octanol–water partition coefficient (Wildman–Crippen LogP) is 11.0. The molecule has 0 spiro atoms. The van der Waals surface area contributed by atoms with Gasteiger partial charge in [-0.1, -0.05) is 72.8 Å². The van der Waals surface area contributed by atoms with Crippen molar-refractivity contribution in [1.29, 1.82) is 0 Å². The Morgan fingerprint density at radius 2 is 1.14 bits per heavy atom. The summed E-state index contributed by atoms with van der Waals surface area (Å²) in [5.74, 6) is 2.69. The van der Waals surface area contributed by atoms with Gasteiger partial charge < -0.3 is 4.74 Å². The average Bonchev–Trinajstić information content (AvgIpc) is 3.15. The van der Waals surface area contributed by atoms with E-state index in [9.17, 15) is 13.2 Å². The van der Waals surface area contributed by atoms with E-state index in [4.69, 9.17) is 4.74 Å². The third kappa shape index (κ3) is 8.69. The molecule has 36 heavy (non-hydrogen) atoms. The van der Waals surface area contributed by atoms with Gasteiger partial charge in [-0.25, -0.2) is 4.39 Å². The number of alkyl halides is 2. The van der Waals surface area contributed by atoms with Gasteiger partial charge in [0.25, 0.3) is 0 Å². The Hall–Kier alpha value is -1.19. The molecule has 0 bridgehead atoms. The lowest BCUT2D eigenvalue weighted by molar-refractivity contribution is -0.224. The van der Waals surface area contributed by atoms with E-state index in [2.05, 4.69) is 6.92 Å². The minimum atomic E-state index is -3.24. The van der Waals surface area contributed by atoms with Gasteiger partial charge >= 0.3 is 6.11 Å². The number of hydrogen-bond donors (Lipinski definition) is 0. The first-order valence-electron chi connectivity index (χ1n) is 15.1. The minimum Gasteiger partial charge on any atom is -0.432 e. The molecule has 1 aromatic carbocycles. The molecule has 1 nitrogen and oxygen atoms in total. The average molecular weight is 511 g/mol. The van der Waals surface area contributed by atoms with Crippen LogP contribution in [0, 0.1) is 48.2 Å². The highest BCUT2D eigenvalue weighted by Gasteiger charge is 2.45. The van der Waals surface area contributed by atoms with Crippen LogP contribution in [0.15, 0.2) is 18.2 Å². The SMILES string of the molecule is CC.CC.Cc1ccc(OC(F)(F)C2CCC(C3CCCC(C4CCC(C)CC4)CC3)CC2)cc1F. The van der Waals surface area contributed by atoms with Crippen molar-refractivity contribution in [3.8, 4) is 5.75 Å². The van der Waals surface area contributed by atoms with E-state index < -0.39 is 17.8 Å². The van der Waals surface area contributed by atoms with Crippen molar-refractivity contribution >= 4 is 0 Å². The fraction of sp³-hybridized carbons (Fsp3) is 0.812. The quantitative estimate of drug-likeness (QED) is 0.358. The molecule has 0 radical (unpaired) electrons. The number of halogens is 3. The molecule has 3 fully saturated rings. The highest BCUT2D eigenvalue weighted by molar-refractivity contribution is 5.28. The highest BCUT2D eigenvalue weighted by Crippen LogP contribution is 2.47. The number of hydrogen-bond acceptors (Lipinski definition) is 1. The molecular weight excluding hydrogens is 457 g/mol. The summed E-state index contributed by atoms with van der Waals surface area (Å²) >= 11 is 0. The van der Waals surface area contributed by atoms with Crippen LogP contribution in [0.2, 0.25) is 0 Å². The Morgan fingerprint density at radius 3 is 1.64 bits per heavy atom. The highest BCUT2D eigenvalue weighted by atomic mass is 19.3. The van der Waals surface area contributed by atoms with Crippen LogP contribution in [0.1, 0.15) is 124 Å². The van der Waals surface area contributed by atoms with Crippen LogP contribution in [0.25, 0.3) is 0 Å². The van der Waals surface area contributed by atoms with Crippen molar-refractivity contribution in [2.45, 2.75) is 131 Å². The first-order chi connectivity index (χ1) is 17.3. The molecule has 3 aliphatic carbocycles. The van der Waals surface area contributed by atoms with Crippen LogP contribution >= 0.6 is 0 Å². The normalized spacial score (nSPS) is 31.1. The van der Waals surface area contributed by atoms with E-state index in [0.29, 0.717) is 30.2 Å². The van der Waals surface area contributed by atoms with Crippen LogP contribution in [-0.2, 0) is 0 Å². The monoisotopic (exact) mass is 510 g/mol. The van der Waals surface area contributed by atoms with Gasteiger partial charge in [0, 0.05) is 6.07 Å². The Morgan fingerprint density at radius 1 is 0.694 bits per heavy atom. The summed E-state index contributed by atoms with van der Waals surface area (Å²) in [6.45, 7) is 12.0. The molecule has 3 saturated carbocycles. The van der Waals surface area contributed by atoms with E-state index >= 15 is 0 Å². The zero-order chi connectivity index (χ0) is 26.7. The minimum absolute atomic E-state index is 0.0767. The zero-order valence-electron chi connectivity index (χ0n) is 23.9. The smallest absolute Gasteiger partial charge is 0.400 e. The maximum Gasteiger partial charge on any atom is 0.400 e. The summed E-state index contributed by atoms with van der Waals surface area (Å²) in [6, 6.07) is 4.00. The van der Waals surface area contributed by atoms with Gasteiger partial charge in [-0.3, -0.25) is 0 Å². The van der Waals surface area contributed by atoms with Crippen molar-refractivity contribution in [1.82, 2.24) is 0 Å². The molecule has 208 valence electrons. The summed E-state index contributed by atoms with van der Waals surface area (Å²) in [7, 11) is 0. The van der Waals surface area contributed by atoms with E-state index in [1.165, 1.54) is 69.9 Å². The largest absolute Gasteiger partial charge is 0.432 e. The van der Waals surface area contributed by atoms with Gasteiger partial charge in [-0.15, -0.1) is 0 Å². The second kappa shape index (κ2) is 15.3. The summed E-state index contributed by atoms with van der Waals surface area (Å²) in [4.78, 5) is 0. The molecule has 0 saturated heterocycles. The first-order valence-corrected chi connectivity index (χ1v) is 15.1. The molecule has 0 amide bonds. The Labute approximate surface area is 220 Å². The molecular formula is C32H53F3O. The van der Waals surface area contributed by atoms with E-state index in [1.807, 2.05) is 27.7 Å². The van der Waals surface area contributed by atoms with Crippen molar-refractivity contribution in [2.75, 3.05) is 0 Å². The predicted molar refractivity (Wildman–Crippen MR) is 146 cm³/mol. The van der Waals surface area contributed by atoms with Gasteiger partial charge in [-0.05, 0) is 99.5 Å². The summed E-state index contributed by atoms with van der Waals surface area (Å²) in [5, 5.41) is 0. The number of rotatable bonds is 5. The second-order valence-corrected chi connectivity index (χ2v) is 11.2. The fourth-order valence-corrected chi connectivity index (χ4v) is 6.86. The zero-order valence-corrected chi connectivity index (χ0v) is 23.9. The second-order valence-electron chi connectivity index (χ2n) is 11.2. The number of ether oxygens (including phenoxy) is 1. The van der Waals surface area contributed by atoms with Gasteiger partial charge in [0.15, 0.2) is 0 Å². The molecule has 0 N–H and O–H groups in total. The van der Waals surface area contributed by atoms with Crippen LogP contribution in [0.4, 0.5) is 13.2 Å². The van der Waals surface area contributed by atoms with E-state index in [-0.39, 0.29) is 5.75 Å². The molecule has 0 heterocycles. The lowest BCUT2D eigenvalue weighted by Crippen LogP contribution is -2.38. The molecule has 3 aliphatic rings. The summed E-state index contributed by atoms with van der Waals surface area (Å²) in [5.41, 5.74) is 0.435. The molecule has 2 atom stereocenters. The number of aryl methyl sites for hydroxylation is 1. The summed E-state index contributed by atoms with van der Waals surface area (Å²) in [6.07, 6.45) is 11.8. The van der Waals surface area contributed by atoms with Gasteiger partial charge in [-0.2, -0.15) is 8.78 Å². The third-order valence-electron chi connectivity index (χ3n) is 9.10. The van der Waals surface area contributed by atoms with Crippen LogP contribution < -0.4 is 4.74 Å². The maximum atomic E-state index is 14.8. The third-order valence-corrected chi connectivity index (χ3v) is 9.10. The maximum absolute atomic E-state index is 14.8. The molecule has 4 rings (SSSR count). The Balaban J connectivity index is 0.00000109. The van der Waals surface area contributed by atoms with E-state index in [0.717, 1.165) is 36.7 Å². The van der Waals surface area contributed by atoms with Crippen molar-refractivity contribution in [3.63, 3.8) is 0 Å².